The molecule has 3 rings (SSSR count). The van der Waals surface area contributed by atoms with Crippen LogP contribution in [0.1, 0.15) is 33.9 Å². The first-order valence-corrected chi connectivity index (χ1v) is 9.60. The number of sulfonamides is 1. The second-order valence-corrected chi connectivity index (χ2v) is 8.40. The summed E-state index contributed by atoms with van der Waals surface area (Å²) >= 11 is 1.50. The summed E-state index contributed by atoms with van der Waals surface area (Å²) in [5.41, 5.74) is 1.34. The van der Waals surface area contributed by atoms with E-state index in [1.165, 1.54) is 40.1 Å². The molecular weight excluding hydrogens is 336 g/mol. The summed E-state index contributed by atoms with van der Waals surface area (Å²) in [4.78, 5) is 18.2. The molecule has 0 aliphatic heterocycles. The highest BCUT2D eigenvalue weighted by Crippen LogP contribution is 2.29. The summed E-state index contributed by atoms with van der Waals surface area (Å²) in [6, 6.07) is 1.36. The second-order valence-electron chi connectivity index (χ2n) is 5.43. The molecule has 9 heteroatoms. The van der Waals surface area contributed by atoms with Gasteiger partial charge in [-0.1, -0.05) is 0 Å². The molecule has 0 bridgehead atoms. The molecule has 7 nitrogen and oxygen atoms in total. The second kappa shape index (κ2) is 6.06. The maximum Gasteiger partial charge on any atom is 0.274 e. The van der Waals surface area contributed by atoms with Crippen molar-refractivity contribution in [1.29, 1.82) is 0 Å². The summed E-state index contributed by atoms with van der Waals surface area (Å²) in [7, 11) is -0.601. The minimum atomic E-state index is -3.57. The Morgan fingerprint density at radius 2 is 2.09 bits per heavy atom. The minimum Gasteiger partial charge on any atom is -0.345 e. The number of hydrogen-bond acceptors (Lipinski definition) is 5. The van der Waals surface area contributed by atoms with E-state index in [9.17, 15) is 13.2 Å². The van der Waals surface area contributed by atoms with Crippen LogP contribution in [0.2, 0.25) is 0 Å². The lowest BCUT2D eigenvalue weighted by Gasteiger charge is -2.06. The van der Waals surface area contributed by atoms with Crippen molar-refractivity contribution in [2.45, 2.75) is 30.6 Å². The summed E-state index contributed by atoms with van der Waals surface area (Å²) in [5, 5.41) is 3.34. The molecule has 0 unspecified atom stereocenters. The van der Waals surface area contributed by atoms with E-state index < -0.39 is 10.0 Å². The molecule has 0 aromatic carbocycles. The van der Waals surface area contributed by atoms with E-state index in [1.807, 2.05) is 0 Å². The topological polar surface area (TPSA) is 93.1 Å². The van der Waals surface area contributed by atoms with E-state index >= 15 is 0 Å². The summed E-state index contributed by atoms with van der Waals surface area (Å²) in [5.74, 6) is -0.365. The minimum absolute atomic E-state index is 0.0612. The third kappa shape index (κ3) is 3.17. The van der Waals surface area contributed by atoms with E-state index in [4.69, 9.17) is 0 Å². The van der Waals surface area contributed by atoms with Gasteiger partial charge in [-0.2, -0.15) is 0 Å². The van der Waals surface area contributed by atoms with Gasteiger partial charge in [-0.3, -0.25) is 10.1 Å². The maximum absolute atomic E-state index is 12.4. The van der Waals surface area contributed by atoms with Crippen LogP contribution in [0.3, 0.4) is 0 Å². The van der Waals surface area contributed by atoms with Crippen molar-refractivity contribution >= 4 is 32.4 Å². The zero-order chi connectivity index (χ0) is 16.6. The fourth-order valence-electron chi connectivity index (χ4n) is 2.59. The lowest BCUT2D eigenvalue weighted by atomic mass is 10.0. The molecule has 0 saturated carbocycles. The van der Waals surface area contributed by atoms with Crippen LogP contribution in [-0.4, -0.2) is 30.9 Å². The van der Waals surface area contributed by atoms with Gasteiger partial charge < -0.3 is 4.57 Å². The van der Waals surface area contributed by atoms with E-state index in [0.717, 1.165) is 31.4 Å². The number of nitrogens with zero attached hydrogens (tertiary/aromatic N) is 2. The largest absolute Gasteiger partial charge is 0.345 e. The smallest absolute Gasteiger partial charge is 0.274 e. The lowest BCUT2D eigenvalue weighted by Crippen LogP contribution is -2.18. The molecule has 2 aromatic rings. The first kappa shape index (κ1) is 16.2. The Morgan fingerprint density at radius 3 is 2.78 bits per heavy atom. The van der Waals surface area contributed by atoms with Crippen LogP contribution in [0.15, 0.2) is 17.2 Å². The average molecular weight is 354 g/mol. The summed E-state index contributed by atoms with van der Waals surface area (Å²) in [6.45, 7) is 0. The number of nitrogens with one attached hydrogen (secondary N) is 2. The molecule has 0 saturated heterocycles. The number of fused-ring (bicyclic) bond motifs is 1. The number of carbonyl (C=O) groups is 1. The molecule has 0 atom stereocenters. The first-order valence-electron chi connectivity index (χ1n) is 7.30. The average Bonchev–Trinajstić information content (AvgIpc) is 3.10. The predicted molar refractivity (Wildman–Crippen MR) is 88.4 cm³/mol. The van der Waals surface area contributed by atoms with Gasteiger partial charge in [0.1, 0.15) is 10.6 Å². The van der Waals surface area contributed by atoms with Gasteiger partial charge >= 0.3 is 0 Å². The SMILES string of the molecule is CNS(=O)(=O)c1cc(C(=O)Nc2nc3c(s2)CCCC3)n(C)c1. The van der Waals surface area contributed by atoms with E-state index in [2.05, 4.69) is 15.0 Å². The Labute approximate surface area is 138 Å². The van der Waals surface area contributed by atoms with Crippen LogP contribution in [0, 0.1) is 0 Å². The van der Waals surface area contributed by atoms with Crippen LogP contribution in [0.4, 0.5) is 5.13 Å². The van der Waals surface area contributed by atoms with Crippen LogP contribution in [0.5, 0.6) is 0 Å². The van der Waals surface area contributed by atoms with Gasteiger partial charge in [0.25, 0.3) is 5.91 Å². The molecule has 1 aliphatic carbocycles. The van der Waals surface area contributed by atoms with Crippen molar-refractivity contribution in [1.82, 2.24) is 14.3 Å². The Kier molecular flexibility index (Phi) is 4.26. The monoisotopic (exact) mass is 354 g/mol. The molecular formula is C14H18N4O3S2. The van der Waals surface area contributed by atoms with Crippen molar-refractivity contribution < 1.29 is 13.2 Å². The van der Waals surface area contributed by atoms with Gasteiger partial charge in [0.15, 0.2) is 5.13 Å². The van der Waals surface area contributed by atoms with E-state index in [0.29, 0.717) is 5.13 Å². The third-order valence-electron chi connectivity index (χ3n) is 3.86. The fraction of sp³-hybridized carbons (Fsp3) is 0.429. The molecule has 0 fully saturated rings. The molecule has 0 radical (unpaired) electrons. The number of anilines is 1. The molecule has 0 spiro atoms. The highest BCUT2D eigenvalue weighted by atomic mass is 32.2. The third-order valence-corrected chi connectivity index (χ3v) is 6.31. The van der Waals surface area contributed by atoms with Gasteiger partial charge in [0.2, 0.25) is 10.0 Å². The van der Waals surface area contributed by atoms with Crippen LogP contribution < -0.4 is 10.0 Å². The number of aromatic nitrogens is 2. The zero-order valence-electron chi connectivity index (χ0n) is 12.9. The van der Waals surface area contributed by atoms with E-state index in [-0.39, 0.29) is 16.5 Å². The first-order chi connectivity index (χ1) is 10.9. The number of thiazole rings is 1. The van der Waals surface area contributed by atoms with Gasteiger partial charge in [0.05, 0.1) is 5.69 Å². The normalized spacial score (nSPS) is 14.5. The molecule has 124 valence electrons. The summed E-state index contributed by atoms with van der Waals surface area (Å²) in [6.07, 6.45) is 5.67. The van der Waals surface area contributed by atoms with Gasteiger partial charge in [-0.15, -0.1) is 11.3 Å². The molecule has 1 amide bonds. The molecule has 1 aliphatic rings. The highest BCUT2D eigenvalue weighted by molar-refractivity contribution is 7.89. The Balaban J connectivity index is 1.82. The van der Waals surface area contributed by atoms with Crippen molar-refractivity contribution in [3.05, 3.63) is 28.5 Å². The zero-order valence-corrected chi connectivity index (χ0v) is 14.6. The standard InChI is InChI=1S/C14H18N4O3S2/c1-15-23(20,21)9-7-11(18(2)8-9)13(19)17-14-16-10-5-3-4-6-12(10)22-14/h7-8,15H,3-6H2,1-2H3,(H,16,17,19). The van der Waals surface area contributed by atoms with Gasteiger partial charge in [0, 0.05) is 18.1 Å². The number of carbonyl (C=O) groups excluding carboxylic acids is 1. The van der Waals surface area contributed by atoms with Crippen molar-refractivity contribution in [3.8, 4) is 0 Å². The number of hydrogen-bond donors (Lipinski definition) is 2. The fourth-order valence-corrected chi connectivity index (χ4v) is 4.44. The Morgan fingerprint density at radius 1 is 1.35 bits per heavy atom. The molecule has 2 N–H and O–H groups in total. The molecule has 2 aromatic heterocycles. The van der Waals surface area contributed by atoms with Crippen LogP contribution >= 0.6 is 11.3 Å². The van der Waals surface area contributed by atoms with Crippen molar-refractivity contribution in [2.24, 2.45) is 7.05 Å². The number of amides is 1. The van der Waals surface area contributed by atoms with E-state index in [1.54, 1.807) is 7.05 Å². The maximum atomic E-state index is 12.4. The number of rotatable bonds is 4. The van der Waals surface area contributed by atoms with Crippen molar-refractivity contribution in [3.63, 3.8) is 0 Å². The van der Waals surface area contributed by atoms with Crippen molar-refractivity contribution in [2.75, 3.05) is 12.4 Å². The Hall–Kier alpha value is -1.71. The van der Waals surface area contributed by atoms with Gasteiger partial charge in [-0.25, -0.2) is 18.1 Å². The highest BCUT2D eigenvalue weighted by Gasteiger charge is 2.21. The van der Waals surface area contributed by atoms with Crippen LogP contribution in [0.25, 0.3) is 0 Å². The molecule has 23 heavy (non-hydrogen) atoms. The molecule has 2 heterocycles. The lowest BCUT2D eigenvalue weighted by molar-refractivity contribution is 0.101. The Bertz CT molecular complexity index is 828. The summed E-state index contributed by atoms with van der Waals surface area (Å²) < 4.78 is 27.4. The van der Waals surface area contributed by atoms with Crippen LogP contribution in [-0.2, 0) is 29.9 Å². The quantitative estimate of drug-likeness (QED) is 0.870. The predicted octanol–water partition coefficient (Wildman–Crippen LogP) is 1.52. The van der Waals surface area contributed by atoms with Gasteiger partial charge in [-0.05, 0) is 38.8 Å². The number of aryl methyl sites for hydroxylation is 3.